The lowest BCUT2D eigenvalue weighted by Crippen LogP contribution is -2.50. The smallest absolute Gasteiger partial charge is 0.155 e. The third kappa shape index (κ3) is 3.01. The third-order valence-corrected chi connectivity index (χ3v) is 4.64. The van der Waals surface area contributed by atoms with Crippen LogP contribution in [0.2, 0.25) is 0 Å². The Labute approximate surface area is 100 Å². The number of piperidine rings is 1. The average Bonchev–Trinajstić information content (AvgIpc) is 2.36. The second-order valence-corrected chi connectivity index (χ2v) is 5.26. The Morgan fingerprint density at radius 3 is 2.62 bits per heavy atom. The molecule has 1 fully saturated rings. The van der Waals surface area contributed by atoms with Crippen molar-refractivity contribution in [3.8, 4) is 0 Å². The van der Waals surface area contributed by atoms with Crippen molar-refractivity contribution >= 4 is 17.6 Å². The summed E-state index contributed by atoms with van der Waals surface area (Å²) < 4.78 is 11.8. The van der Waals surface area contributed by atoms with E-state index in [2.05, 4.69) is 10.1 Å². The molecule has 16 heavy (non-hydrogen) atoms. The summed E-state index contributed by atoms with van der Waals surface area (Å²) >= 11 is 1.64. The van der Waals surface area contributed by atoms with Gasteiger partial charge in [0.05, 0.1) is 11.4 Å². The number of oxime groups is 1. The molecular weight excluding hydrogens is 229 g/mol. The Hall–Kier alpha value is -0.490. The Morgan fingerprint density at radius 2 is 2.19 bits per heavy atom. The summed E-state index contributed by atoms with van der Waals surface area (Å²) in [5.41, 5.74) is 5.74. The van der Waals surface area contributed by atoms with Gasteiger partial charge in [-0.05, 0) is 38.6 Å². The molecule has 1 aliphatic rings. The van der Waals surface area contributed by atoms with Gasteiger partial charge in [0.15, 0.2) is 5.84 Å². The molecule has 0 amide bonds. The lowest BCUT2D eigenvalue weighted by molar-refractivity contribution is 0.208. The van der Waals surface area contributed by atoms with Gasteiger partial charge in [-0.3, -0.25) is 4.39 Å². The molecule has 1 aliphatic heterocycles. The van der Waals surface area contributed by atoms with E-state index in [-0.39, 0.29) is 11.4 Å². The van der Waals surface area contributed by atoms with Crippen LogP contribution in [-0.4, -0.2) is 53.3 Å². The highest BCUT2D eigenvalue weighted by molar-refractivity contribution is 8.00. The van der Waals surface area contributed by atoms with E-state index < -0.39 is 0 Å². The molecule has 0 unspecified atom stereocenters. The number of alkyl halides is 1. The van der Waals surface area contributed by atoms with Gasteiger partial charge >= 0.3 is 0 Å². The second-order valence-electron chi connectivity index (χ2n) is 4.07. The number of nitrogens with two attached hydrogens (primary N) is 1. The van der Waals surface area contributed by atoms with E-state index in [0.717, 1.165) is 32.5 Å². The monoisotopic (exact) mass is 249 g/mol. The molecule has 0 saturated carbocycles. The predicted molar refractivity (Wildman–Crippen MR) is 65.9 cm³/mol. The molecule has 1 saturated heterocycles. The predicted octanol–water partition coefficient (Wildman–Crippen LogP) is 1.29. The summed E-state index contributed by atoms with van der Waals surface area (Å²) in [4.78, 5) is 2.23. The largest absolute Gasteiger partial charge is 0.409 e. The van der Waals surface area contributed by atoms with Crippen LogP contribution in [0.25, 0.3) is 0 Å². The molecule has 0 bridgehead atoms. The summed E-state index contributed by atoms with van der Waals surface area (Å²) in [5.74, 6) is 0.310. The molecular formula is C10H20FN3OS. The van der Waals surface area contributed by atoms with Crippen molar-refractivity contribution in [2.75, 3.05) is 32.6 Å². The zero-order chi connectivity index (χ0) is 12.0. The first-order chi connectivity index (χ1) is 7.68. The first-order valence-electron chi connectivity index (χ1n) is 5.50. The molecule has 0 atom stereocenters. The maximum absolute atomic E-state index is 12.0. The number of hydrogen-bond acceptors (Lipinski definition) is 4. The Kier molecular flexibility index (Phi) is 5.34. The van der Waals surface area contributed by atoms with Crippen molar-refractivity contribution in [1.29, 1.82) is 0 Å². The van der Waals surface area contributed by atoms with E-state index in [9.17, 15) is 4.39 Å². The van der Waals surface area contributed by atoms with Gasteiger partial charge in [-0.25, -0.2) is 0 Å². The van der Waals surface area contributed by atoms with Crippen LogP contribution in [-0.2, 0) is 0 Å². The highest BCUT2D eigenvalue weighted by atomic mass is 32.2. The number of likely N-dealkylation sites (tertiary alicyclic amines) is 1. The van der Waals surface area contributed by atoms with Crippen molar-refractivity contribution in [3.63, 3.8) is 0 Å². The summed E-state index contributed by atoms with van der Waals surface area (Å²) in [6.07, 6.45) is 4.29. The number of halogens is 1. The zero-order valence-corrected chi connectivity index (χ0v) is 10.5. The van der Waals surface area contributed by atoms with Gasteiger partial charge in [0.1, 0.15) is 0 Å². The summed E-state index contributed by atoms with van der Waals surface area (Å²) in [6.45, 7) is 2.32. The number of rotatable bonds is 5. The van der Waals surface area contributed by atoms with Gasteiger partial charge in [-0.2, -0.15) is 11.8 Å². The van der Waals surface area contributed by atoms with Crippen LogP contribution in [0.15, 0.2) is 5.16 Å². The molecule has 0 aromatic heterocycles. The molecule has 0 aliphatic carbocycles. The van der Waals surface area contributed by atoms with Gasteiger partial charge in [-0.1, -0.05) is 5.16 Å². The molecule has 0 spiro atoms. The minimum absolute atomic E-state index is 0.235. The minimum Gasteiger partial charge on any atom is -0.409 e. The highest BCUT2D eigenvalue weighted by Crippen LogP contribution is 2.34. The highest BCUT2D eigenvalue weighted by Gasteiger charge is 2.37. The minimum atomic E-state index is -0.260. The van der Waals surface area contributed by atoms with Crippen molar-refractivity contribution in [3.05, 3.63) is 0 Å². The summed E-state index contributed by atoms with van der Waals surface area (Å²) in [6, 6.07) is 0. The Bertz CT molecular complexity index is 242. The number of nitrogens with zero attached hydrogens (tertiary/aromatic N) is 2. The lowest BCUT2D eigenvalue weighted by Gasteiger charge is -2.39. The number of hydrogen-bond donors (Lipinski definition) is 2. The van der Waals surface area contributed by atoms with Crippen molar-refractivity contribution in [2.24, 2.45) is 10.9 Å². The molecule has 1 rings (SSSR count). The zero-order valence-electron chi connectivity index (χ0n) is 9.65. The molecule has 94 valence electrons. The molecule has 0 aromatic carbocycles. The third-order valence-electron chi connectivity index (χ3n) is 3.24. The van der Waals surface area contributed by atoms with Gasteiger partial charge in [-0.15, -0.1) is 0 Å². The molecule has 1 heterocycles. The van der Waals surface area contributed by atoms with E-state index >= 15 is 0 Å². The first kappa shape index (κ1) is 13.6. The van der Waals surface area contributed by atoms with Crippen LogP contribution in [0.4, 0.5) is 4.39 Å². The van der Waals surface area contributed by atoms with Crippen LogP contribution >= 0.6 is 11.8 Å². The fraction of sp³-hybridized carbons (Fsp3) is 0.900. The molecule has 6 heteroatoms. The van der Waals surface area contributed by atoms with Crippen LogP contribution in [0.3, 0.4) is 0 Å². The fourth-order valence-electron chi connectivity index (χ4n) is 2.08. The van der Waals surface area contributed by atoms with Crippen LogP contribution < -0.4 is 5.73 Å². The normalized spacial score (nSPS) is 22.2. The molecule has 0 aromatic rings. The summed E-state index contributed by atoms with van der Waals surface area (Å²) in [7, 11) is 0. The Balaban J connectivity index is 2.50. The van der Waals surface area contributed by atoms with Gasteiger partial charge in [0.2, 0.25) is 0 Å². The first-order valence-corrected chi connectivity index (χ1v) is 6.72. The topological polar surface area (TPSA) is 61.9 Å². The van der Waals surface area contributed by atoms with Crippen molar-refractivity contribution < 1.29 is 9.60 Å². The maximum Gasteiger partial charge on any atom is 0.155 e. The lowest BCUT2D eigenvalue weighted by atomic mass is 9.94. The molecule has 3 N–H and O–H groups in total. The van der Waals surface area contributed by atoms with Crippen molar-refractivity contribution in [2.45, 2.75) is 24.0 Å². The maximum atomic E-state index is 12.0. The van der Waals surface area contributed by atoms with E-state index in [0.29, 0.717) is 12.3 Å². The molecule has 4 nitrogen and oxygen atoms in total. The van der Waals surface area contributed by atoms with E-state index in [1.807, 2.05) is 6.26 Å². The standard InChI is InChI=1S/C10H20FN3OS/c1-16-10(9(12)13-15)3-7-14(8-4-10)6-2-5-11/h15H,2-8H2,1H3,(H2,12,13). The van der Waals surface area contributed by atoms with Crippen molar-refractivity contribution in [1.82, 2.24) is 4.90 Å². The SMILES string of the molecule is CSC1(C(N)=NO)CCN(CCCF)CC1. The number of thioether (sulfide) groups is 1. The van der Waals surface area contributed by atoms with Crippen LogP contribution in [0.5, 0.6) is 0 Å². The van der Waals surface area contributed by atoms with Crippen LogP contribution in [0, 0.1) is 0 Å². The van der Waals surface area contributed by atoms with Gasteiger partial charge in [0, 0.05) is 6.54 Å². The quantitative estimate of drug-likeness (QED) is 0.333. The van der Waals surface area contributed by atoms with E-state index in [4.69, 9.17) is 10.9 Å². The van der Waals surface area contributed by atoms with E-state index in [1.54, 1.807) is 11.8 Å². The summed E-state index contributed by atoms with van der Waals surface area (Å²) in [5, 5.41) is 11.9. The Morgan fingerprint density at radius 1 is 1.56 bits per heavy atom. The van der Waals surface area contributed by atoms with Gasteiger partial charge in [0.25, 0.3) is 0 Å². The second kappa shape index (κ2) is 6.30. The fourth-order valence-corrected chi connectivity index (χ4v) is 2.92. The van der Waals surface area contributed by atoms with Gasteiger partial charge < -0.3 is 15.8 Å². The van der Waals surface area contributed by atoms with E-state index in [1.165, 1.54) is 0 Å². The number of amidine groups is 1. The molecule has 0 radical (unpaired) electrons. The van der Waals surface area contributed by atoms with Crippen LogP contribution in [0.1, 0.15) is 19.3 Å². The average molecular weight is 249 g/mol.